The zero-order valence-electron chi connectivity index (χ0n) is 11.7. The van der Waals surface area contributed by atoms with Gasteiger partial charge in [0.15, 0.2) is 6.10 Å². The number of benzene rings is 2. The Hall–Kier alpha value is -2.58. The van der Waals surface area contributed by atoms with E-state index in [2.05, 4.69) is 26.5 Å². The number of carbonyl (C=O) groups is 1. The van der Waals surface area contributed by atoms with Crippen molar-refractivity contribution in [3.8, 4) is 0 Å². The van der Waals surface area contributed by atoms with Crippen LogP contribution >= 0.6 is 15.9 Å². The molecule has 0 aromatic heterocycles. The molecule has 23 heavy (non-hydrogen) atoms. The average Bonchev–Trinajstić information content (AvgIpc) is 2.56. The Morgan fingerprint density at radius 1 is 1.30 bits per heavy atom. The smallest absolute Gasteiger partial charge is 0.273 e. The number of hydrazone groups is 1. The summed E-state index contributed by atoms with van der Waals surface area (Å²) < 4.78 is 0.466. The van der Waals surface area contributed by atoms with Crippen LogP contribution in [0.2, 0.25) is 0 Å². The highest BCUT2D eigenvalue weighted by Crippen LogP contribution is 2.21. The molecule has 8 heteroatoms. The highest BCUT2D eigenvalue weighted by molar-refractivity contribution is 9.10. The van der Waals surface area contributed by atoms with Crippen molar-refractivity contribution in [2.45, 2.75) is 6.10 Å². The Morgan fingerprint density at radius 3 is 2.61 bits per heavy atom. The van der Waals surface area contributed by atoms with Crippen LogP contribution < -0.4 is 5.43 Å². The molecule has 0 heterocycles. The molecular weight excluding hydrogens is 366 g/mol. The summed E-state index contributed by atoms with van der Waals surface area (Å²) in [5.41, 5.74) is 3.16. The van der Waals surface area contributed by atoms with Crippen LogP contribution in [-0.2, 0) is 4.79 Å². The largest absolute Gasteiger partial charge is 0.378 e. The predicted octanol–water partition coefficient (Wildman–Crippen LogP) is 2.54. The number of nitro benzene ring substituents is 1. The summed E-state index contributed by atoms with van der Waals surface area (Å²) in [6.45, 7) is 0. The van der Waals surface area contributed by atoms with E-state index in [1.807, 2.05) is 0 Å². The van der Waals surface area contributed by atoms with E-state index in [-0.39, 0.29) is 5.69 Å². The first kappa shape index (κ1) is 16.8. The van der Waals surface area contributed by atoms with Gasteiger partial charge >= 0.3 is 0 Å². The third-order valence-corrected chi connectivity index (χ3v) is 3.62. The van der Waals surface area contributed by atoms with Crippen molar-refractivity contribution < 1.29 is 14.8 Å². The number of non-ortho nitro benzene ring substituents is 1. The van der Waals surface area contributed by atoms with Crippen LogP contribution in [0.1, 0.15) is 17.2 Å². The number of hydrogen-bond donors (Lipinski definition) is 2. The van der Waals surface area contributed by atoms with Crippen molar-refractivity contribution >= 4 is 33.7 Å². The van der Waals surface area contributed by atoms with E-state index >= 15 is 0 Å². The Bertz CT molecular complexity index is 750. The predicted molar refractivity (Wildman–Crippen MR) is 87.9 cm³/mol. The number of nitrogens with zero attached hydrogens (tertiary/aromatic N) is 2. The zero-order chi connectivity index (χ0) is 16.8. The summed E-state index contributed by atoms with van der Waals surface area (Å²) in [6.07, 6.45) is -0.00248. The fourth-order valence-corrected chi connectivity index (χ4v) is 2.22. The van der Waals surface area contributed by atoms with E-state index in [9.17, 15) is 20.0 Å². The molecule has 2 N–H and O–H groups in total. The van der Waals surface area contributed by atoms with Gasteiger partial charge in [0.2, 0.25) is 0 Å². The van der Waals surface area contributed by atoms with Crippen molar-refractivity contribution in [3.63, 3.8) is 0 Å². The number of nitrogens with one attached hydrogen (secondary N) is 1. The minimum Gasteiger partial charge on any atom is -0.378 e. The maximum atomic E-state index is 11.8. The van der Waals surface area contributed by atoms with Gasteiger partial charge in [0, 0.05) is 22.2 Å². The maximum absolute atomic E-state index is 11.8. The van der Waals surface area contributed by atoms with E-state index in [0.717, 1.165) is 0 Å². The topological polar surface area (TPSA) is 105 Å². The molecule has 1 amide bonds. The lowest BCUT2D eigenvalue weighted by molar-refractivity contribution is -0.384. The molecule has 0 aliphatic heterocycles. The molecule has 2 aromatic carbocycles. The molecule has 0 aliphatic carbocycles. The number of rotatable bonds is 5. The number of hydrogen-bond acceptors (Lipinski definition) is 5. The zero-order valence-corrected chi connectivity index (χ0v) is 13.3. The number of halogens is 1. The normalized spacial score (nSPS) is 12.1. The number of aliphatic hydroxyl groups excluding tert-OH is 1. The summed E-state index contributed by atoms with van der Waals surface area (Å²) in [7, 11) is 0. The highest BCUT2D eigenvalue weighted by atomic mass is 79.9. The molecule has 0 unspecified atom stereocenters. The van der Waals surface area contributed by atoms with Crippen LogP contribution in [0.3, 0.4) is 0 Å². The first-order valence-corrected chi connectivity index (χ1v) is 7.28. The van der Waals surface area contributed by atoms with Crippen molar-refractivity contribution in [1.82, 2.24) is 5.43 Å². The molecule has 2 aromatic rings. The van der Waals surface area contributed by atoms with Gasteiger partial charge in [-0.2, -0.15) is 5.10 Å². The minimum atomic E-state index is -1.33. The van der Waals surface area contributed by atoms with Gasteiger partial charge in [0.25, 0.3) is 11.6 Å². The number of amides is 1. The Morgan fingerprint density at radius 2 is 2.00 bits per heavy atom. The molecule has 0 fully saturated rings. The maximum Gasteiger partial charge on any atom is 0.273 e. The average molecular weight is 378 g/mol. The van der Waals surface area contributed by atoms with Crippen molar-refractivity contribution in [2.24, 2.45) is 5.10 Å². The fourth-order valence-electron chi connectivity index (χ4n) is 1.75. The second-order valence-corrected chi connectivity index (χ2v) is 5.36. The molecule has 0 aliphatic rings. The molecule has 118 valence electrons. The van der Waals surface area contributed by atoms with E-state index < -0.39 is 16.9 Å². The van der Waals surface area contributed by atoms with Gasteiger partial charge in [-0.15, -0.1) is 0 Å². The quantitative estimate of drug-likeness (QED) is 0.474. The molecule has 0 bridgehead atoms. The van der Waals surface area contributed by atoms with Crippen LogP contribution in [0, 0.1) is 10.1 Å². The SMILES string of the molecule is O=C(N/N=C\c1ccc([N+](=O)[O-])cc1Br)[C@H](O)c1ccccc1. The first-order valence-electron chi connectivity index (χ1n) is 6.49. The lowest BCUT2D eigenvalue weighted by atomic mass is 10.1. The summed E-state index contributed by atoms with van der Waals surface area (Å²) in [4.78, 5) is 21.9. The molecule has 0 saturated heterocycles. The van der Waals surface area contributed by atoms with Gasteiger partial charge in [-0.05, 0) is 27.6 Å². The minimum absolute atomic E-state index is 0.0578. The lowest BCUT2D eigenvalue weighted by Crippen LogP contribution is -2.25. The van der Waals surface area contributed by atoms with Crippen LogP contribution in [0.15, 0.2) is 58.1 Å². The summed E-state index contributed by atoms with van der Waals surface area (Å²) in [5.74, 6) is -0.675. The monoisotopic (exact) mass is 377 g/mol. The first-order chi connectivity index (χ1) is 11.0. The molecule has 1 atom stereocenters. The van der Waals surface area contributed by atoms with Crippen LogP contribution in [0.4, 0.5) is 5.69 Å². The van der Waals surface area contributed by atoms with Gasteiger partial charge < -0.3 is 5.11 Å². The molecular formula is C15H12BrN3O4. The number of nitro groups is 1. The number of aliphatic hydroxyl groups is 1. The van der Waals surface area contributed by atoms with Gasteiger partial charge in [-0.3, -0.25) is 14.9 Å². The number of carbonyl (C=O) groups excluding carboxylic acids is 1. The van der Waals surface area contributed by atoms with Crippen LogP contribution in [0.5, 0.6) is 0 Å². The van der Waals surface area contributed by atoms with Gasteiger partial charge in [0.1, 0.15) is 0 Å². The van der Waals surface area contributed by atoms with E-state index in [4.69, 9.17) is 0 Å². The van der Waals surface area contributed by atoms with Crippen LogP contribution in [0.25, 0.3) is 0 Å². The molecule has 7 nitrogen and oxygen atoms in total. The van der Waals surface area contributed by atoms with Crippen molar-refractivity contribution in [2.75, 3.05) is 0 Å². The lowest BCUT2D eigenvalue weighted by Gasteiger charge is -2.08. The fraction of sp³-hybridized carbons (Fsp3) is 0.0667. The second-order valence-electron chi connectivity index (χ2n) is 4.51. The van der Waals surface area contributed by atoms with E-state index in [1.54, 1.807) is 30.3 Å². The second kappa shape index (κ2) is 7.61. The summed E-state index contributed by atoms with van der Waals surface area (Å²) in [5, 5.41) is 24.3. The van der Waals surface area contributed by atoms with Gasteiger partial charge in [-0.1, -0.05) is 30.3 Å². The highest BCUT2D eigenvalue weighted by Gasteiger charge is 2.16. The molecule has 2 rings (SSSR count). The standard InChI is InChI=1S/C15H12BrN3O4/c16-13-8-12(19(22)23)7-6-11(13)9-17-18-15(21)14(20)10-4-2-1-3-5-10/h1-9,14,20H,(H,18,21)/b17-9-/t14-/m1/s1. The van der Waals surface area contributed by atoms with Gasteiger partial charge in [-0.25, -0.2) is 5.43 Å². The molecule has 0 spiro atoms. The Labute approximate surface area is 139 Å². The third kappa shape index (κ3) is 4.44. The molecule has 0 saturated carbocycles. The molecule has 0 radical (unpaired) electrons. The van der Waals surface area contributed by atoms with Crippen LogP contribution in [-0.4, -0.2) is 22.2 Å². The summed E-state index contributed by atoms with van der Waals surface area (Å²) in [6, 6.07) is 12.6. The Kier molecular flexibility index (Phi) is 5.56. The van der Waals surface area contributed by atoms with Crippen molar-refractivity contribution in [1.29, 1.82) is 0 Å². The van der Waals surface area contributed by atoms with E-state index in [0.29, 0.717) is 15.6 Å². The summed E-state index contributed by atoms with van der Waals surface area (Å²) >= 11 is 3.19. The van der Waals surface area contributed by atoms with Crippen molar-refractivity contribution in [3.05, 3.63) is 74.2 Å². The Balaban J connectivity index is 2.01. The third-order valence-electron chi connectivity index (χ3n) is 2.94. The van der Waals surface area contributed by atoms with E-state index in [1.165, 1.54) is 24.4 Å². The van der Waals surface area contributed by atoms with Gasteiger partial charge in [0.05, 0.1) is 11.1 Å².